The van der Waals surface area contributed by atoms with Crippen molar-refractivity contribution in [3.63, 3.8) is 0 Å². The molecule has 0 aliphatic carbocycles. The molecule has 0 bridgehead atoms. The predicted molar refractivity (Wildman–Crippen MR) is 61.2 cm³/mol. The van der Waals surface area contributed by atoms with E-state index in [2.05, 4.69) is 10.1 Å². The second-order valence-corrected chi connectivity index (χ2v) is 3.42. The molecule has 0 heterocycles. The summed E-state index contributed by atoms with van der Waals surface area (Å²) < 4.78 is 28.1. The van der Waals surface area contributed by atoms with Crippen molar-refractivity contribution in [2.24, 2.45) is 0 Å². The number of carbonyl (C=O) groups is 1. The highest BCUT2D eigenvalue weighted by molar-refractivity contribution is 5.92. The number of benzene rings is 1. The van der Waals surface area contributed by atoms with Crippen LogP contribution in [-0.2, 0) is 9.53 Å². The summed E-state index contributed by atoms with van der Waals surface area (Å²) in [7, 11) is 0. The second kappa shape index (κ2) is 7.35. The van der Waals surface area contributed by atoms with Crippen molar-refractivity contribution in [3.05, 3.63) is 29.8 Å². The van der Waals surface area contributed by atoms with Gasteiger partial charge < -0.3 is 10.1 Å². The number of anilines is 1. The molecule has 1 amide bonds. The summed E-state index contributed by atoms with van der Waals surface area (Å²) in [6.07, 6.45) is -2.57. The first-order valence-corrected chi connectivity index (χ1v) is 5.28. The molecule has 1 rings (SSSR count). The summed E-state index contributed by atoms with van der Waals surface area (Å²) in [5, 5.41) is 11.3. The fourth-order valence-corrected chi connectivity index (χ4v) is 1.24. The third-order valence-electron chi connectivity index (χ3n) is 2.04. The molecule has 1 aromatic carbocycles. The maximum Gasteiger partial charge on any atom is 0.261 e. The van der Waals surface area contributed by atoms with Crippen molar-refractivity contribution in [2.75, 3.05) is 18.5 Å². The van der Waals surface area contributed by atoms with Gasteiger partial charge in [-0.1, -0.05) is 12.1 Å². The van der Waals surface area contributed by atoms with Crippen LogP contribution in [0.3, 0.4) is 0 Å². The third kappa shape index (κ3) is 4.89. The zero-order valence-electron chi connectivity index (χ0n) is 9.53. The number of alkyl halides is 2. The van der Waals surface area contributed by atoms with Crippen LogP contribution in [0.25, 0.3) is 0 Å². The summed E-state index contributed by atoms with van der Waals surface area (Å²) in [6, 6.07) is 8.47. The first kappa shape index (κ1) is 14.1. The van der Waals surface area contributed by atoms with E-state index >= 15 is 0 Å². The molecule has 0 saturated heterocycles. The van der Waals surface area contributed by atoms with Crippen LogP contribution in [0.2, 0.25) is 0 Å². The van der Waals surface area contributed by atoms with E-state index in [1.165, 1.54) is 0 Å². The largest absolute Gasteiger partial charge is 0.375 e. The number of carbonyl (C=O) groups excluding carboxylic acids is 1. The Kier molecular flexibility index (Phi) is 5.74. The number of amides is 1. The smallest absolute Gasteiger partial charge is 0.261 e. The van der Waals surface area contributed by atoms with E-state index in [1.54, 1.807) is 24.3 Å². The van der Waals surface area contributed by atoms with Gasteiger partial charge in [0.25, 0.3) is 6.43 Å². The Hall–Kier alpha value is -2.00. The minimum absolute atomic E-state index is 0.0352. The Bertz CT molecular complexity index is 444. The highest BCUT2D eigenvalue weighted by atomic mass is 19.3. The first-order valence-electron chi connectivity index (χ1n) is 5.28. The lowest BCUT2D eigenvalue weighted by molar-refractivity contribution is -0.117. The van der Waals surface area contributed by atoms with E-state index in [-0.39, 0.29) is 18.9 Å². The van der Waals surface area contributed by atoms with Crippen molar-refractivity contribution < 1.29 is 18.3 Å². The zero-order chi connectivity index (χ0) is 13.4. The lowest BCUT2D eigenvalue weighted by Gasteiger charge is -2.07. The minimum Gasteiger partial charge on any atom is -0.375 e. The summed E-state index contributed by atoms with van der Waals surface area (Å²) in [6.45, 7) is -0.757. The highest BCUT2D eigenvalue weighted by Gasteiger charge is 2.07. The van der Waals surface area contributed by atoms with Crippen LogP contribution in [0.1, 0.15) is 12.0 Å². The lowest BCUT2D eigenvalue weighted by atomic mass is 10.2. The Morgan fingerprint density at radius 3 is 2.83 bits per heavy atom. The van der Waals surface area contributed by atoms with Gasteiger partial charge in [-0.05, 0) is 12.1 Å². The highest BCUT2D eigenvalue weighted by Crippen LogP contribution is 2.13. The van der Waals surface area contributed by atoms with Gasteiger partial charge in [0.1, 0.15) is 12.7 Å². The molecule has 0 aromatic heterocycles. The molecule has 0 aliphatic rings. The lowest BCUT2D eigenvalue weighted by Crippen LogP contribution is -2.16. The molecule has 1 N–H and O–H groups in total. The van der Waals surface area contributed by atoms with Gasteiger partial charge in [0.05, 0.1) is 24.3 Å². The van der Waals surface area contributed by atoms with Gasteiger partial charge in [0.2, 0.25) is 5.91 Å². The van der Waals surface area contributed by atoms with Crippen LogP contribution in [0.15, 0.2) is 24.3 Å². The van der Waals surface area contributed by atoms with Crippen molar-refractivity contribution in [3.8, 4) is 6.07 Å². The summed E-state index contributed by atoms with van der Waals surface area (Å²) in [4.78, 5) is 11.4. The number of halogens is 2. The number of rotatable bonds is 6. The van der Waals surface area contributed by atoms with Crippen LogP contribution in [0.5, 0.6) is 0 Å². The third-order valence-corrected chi connectivity index (χ3v) is 2.04. The van der Waals surface area contributed by atoms with Crippen LogP contribution < -0.4 is 5.32 Å². The number of nitriles is 1. The molecule has 96 valence electrons. The first-order chi connectivity index (χ1) is 8.63. The maximum absolute atomic E-state index is 11.7. The molecule has 0 radical (unpaired) electrons. The molecule has 18 heavy (non-hydrogen) atoms. The number of para-hydroxylation sites is 1. The van der Waals surface area contributed by atoms with Gasteiger partial charge in [0.15, 0.2) is 0 Å². The second-order valence-electron chi connectivity index (χ2n) is 3.42. The fraction of sp³-hybridized carbons (Fsp3) is 0.333. The van der Waals surface area contributed by atoms with Crippen LogP contribution in [-0.4, -0.2) is 25.5 Å². The van der Waals surface area contributed by atoms with Gasteiger partial charge in [-0.15, -0.1) is 0 Å². The van der Waals surface area contributed by atoms with E-state index in [9.17, 15) is 13.6 Å². The molecule has 0 unspecified atom stereocenters. The molecule has 1 aromatic rings. The molecular formula is C12H12F2N2O2. The van der Waals surface area contributed by atoms with Crippen LogP contribution in [0.4, 0.5) is 14.5 Å². The fourth-order valence-electron chi connectivity index (χ4n) is 1.24. The van der Waals surface area contributed by atoms with E-state index in [1.807, 2.05) is 6.07 Å². The molecule has 0 aliphatic heterocycles. The Morgan fingerprint density at radius 2 is 2.17 bits per heavy atom. The standard InChI is InChI=1S/C12H12F2N2O2/c13-11(14)8-18-6-5-12(17)16-10-4-2-1-3-9(10)7-15/h1-4,11H,5-6,8H2,(H,16,17). The average molecular weight is 254 g/mol. The van der Waals surface area contributed by atoms with Crippen LogP contribution >= 0.6 is 0 Å². The summed E-state index contributed by atoms with van der Waals surface area (Å²) in [5.74, 6) is -0.382. The molecule has 0 saturated carbocycles. The summed E-state index contributed by atoms with van der Waals surface area (Å²) >= 11 is 0. The molecule has 0 fully saturated rings. The summed E-state index contributed by atoms with van der Waals surface area (Å²) in [5.41, 5.74) is 0.748. The zero-order valence-corrected chi connectivity index (χ0v) is 9.53. The Labute approximate surface area is 103 Å². The molecule has 4 nitrogen and oxygen atoms in total. The van der Waals surface area contributed by atoms with E-state index in [0.717, 1.165) is 0 Å². The number of hydrogen-bond acceptors (Lipinski definition) is 3. The van der Waals surface area contributed by atoms with Crippen molar-refractivity contribution in [2.45, 2.75) is 12.8 Å². The topological polar surface area (TPSA) is 62.1 Å². The average Bonchev–Trinajstić information content (AvgIpc) is 2.35. The number of nitrogens with one attached hydrogen (secondary N) is 1. The Morgan fingerprint density at radius 1 is 1.44 bits per heavy atom. The number of ether oxygens (including phenoxy) is 1. The SMILES string of the molecule is N#Cc1ccccc1NC(=O)CCOCC(F)F. The molecule has 6 heteroatoms. The number of hydrogen-bond donors (Lipinski definition) is 1. The minimum atomic E-state index is -2.53. The van der Waals surface area contributed by atoms with Crippen molar-refractivity contribution in [1.29, 1.82) is 5.26 Å². The van der Waals surface area contributed by atoms with Gasteiger partial charge >= 0.3 is 0 Å². The van der Waals surface area contributed by atoms with Crippen molar-refractivity contribution >= 4 is 11.6 Å². The van der Waals surface area contributed by atoms with E-state index < -0.39 is 13.0 Å². The van der Waals surface area contributed by atoms with Gasteiger partial charge in [-0.25, -0.2) is 8.78 Å². The number of nitrogens with zero attached hydrogens (tertiary/aromatic N) is 1. The van der Waals surface area contributed by atoms with E-state index in [4.69, 9.17) is 5.26 Å². The van der Waals surface area contributed by atoms with Gasteiger partial charge in [0, 0.05) is 0 Å². The molecular weight excluding hydrogens is 242 g/mol. The van der Waals surface area contributed by atoms with Gasteiger partial charge in [-0.3, -0.25) is 4.79 Å². The Balaban J connectivity index is 2.38. The predicted octanol–water partition coefficient (Wildman–Crippen LogP) is 2.17. The molecule has 0 atom stereocenters. The van der Waals surface area contributed by atoms with Crippen molar-refractivity contribution in [1.82, 2.24) is 0 Å². The van der Waals surface area contributed by atoms with Crippen LogP contribution in [0, 0.1) is 11.3 Å². The quantitative estimate of drug-likeness (QED) is 0.791. The van der Waals surface area contributed by atoms with E-state index in [0.29, 0.717) is 11.3 Å². The normalized spacial score (nSPS) is 10.1. The van der Waals surface area contributed by atoms with Gasteiger partial charge in [-0.2, -0.15) is 5.26 Å². The monoisotopic (exact) mass is 254 g/mol. The molecule has 0 spiro atoms. The maximum atomic E-state index is 11.7.